The second-order valence-corrected chi connectivity index (χ2v) is 4.98. The quantitative estimate of drug-likeness (QED) is 0.651. The Labute approximate surface area is 139 Å². The number of ketones is 1. The maximum Gasteiger partial charge on any atom is 0.413 e. The number of para-hydroxylation sites is 1. The number of benzene rings is 2. The number of rotatable bonds is 6. The Hall–Kier alpha value is -3.15. The molecule has 2 aromatic carbocycles. The summed E-state index contributed by atoms with van der Waals surface area (Å²) in [5.74, 6) is -1.08. The van der Waals surface area contributed by atoms with Crippen LogP contribution < -0.4 is 10.1 Å². The molecule has 0 bridgehead atoms. The van der Waals surface area contributed by atoms with Gasteiger partial charge in [-0.25, -0.2) is 9.59 Å². The second-order valence-electron chi connectivity index (χ2n) is 4.98. The lowest BCUT2D eigenvalue weighted by Crippen LogP contribution is -2.47. The molecule has 124 valence electrons. The van der Waals surface area contributed by atoms with E-state index in [4.69, 9.17) is 9.47 Å². The summed E-state index contributed by atoms with van der Waals surface area (Å²) in [6.45, 7) is 1.20. The highest BCUT2D eigenvalue weighted by Crippen LogP contribution is 2.09. The zero-order chi connectivity index (χ0) is 17.4. The average Bonchev–Trinajstić information content (AvgIpc) is 2.59. The number of amides is 1. The van der Waals surface area contributed by atoms with Crippen molar-refractivity contribution in [3.63, 3.8) is 0 Å². The number of hydrogen-bond donors (Lipinski definition) is 1. The topological polar surface area (TPSA) is 81.7 Å². The fraction of sp³-hybridized carbons (Fsp3) is 0.167. The summed E-state index contributed by atoms with van der Waals surface area (Å²) >= 11 is 0. The van der Waals surface area contributed by atoms with Gasteiger partial charge in [0.2, 0.25) is 0 Å². The summed E-state index contributed by atoms with van der Waals surface area (Å²) in [4.78, 5) is 35.5. The van der Waals surface area contributed by atoms with E-state index in [1.807, 2.05) is 6.07 Å². The normalized spacial score (nSPS) is 11.2. The van der Waals surface area contributed by atoms with E-state index in [2.05, 4.69) is 5.32 Å². The highest BCUT2D eigenvalue weighted by Gasteiger charge is 2.27. The lowest BCUT2D eigenvalue weighted by molar-refractivity contribution is -0.149. The first kappa shape index (κ1) is 17.2. The van der Waals surface area contributed by atoms with Gasteiger partial charge in [-0.05, 0) is 24.6 Å². The van der Waals surface area contributed by atoms with Gasteiger partial charge in [-0.15, -0.1) is 0 Å². The van der Waals surface area contributed by atoms with Gasteiger partial charge in [0.1, 0.15) is 12.4 Å². The van der Waals surface area contributed by atoms with Gasteiger partial charge < -0.3 is 14.8 Å². The van der Waals surface area contributed by atoms with Gasteiger partial charge in [-0.2, -0.15) is 0 Å². The SMILES string of the molecule is CC(=O)C(NC(=O)Oc1ccccc1)C(=O)OCc1ccccc1. The maximum absolute atomic E-state index is 12.0. The molecule has 1 unspecified atom stereocenters. The fourth-order valence-corrected chi connectivity index (χ4v) is 1.88. The minimum absolute atomic E-state index is 0.0128. The predicted molar refractivity (Wildman–Crippen MR) is 86.3 cm³/mol. The van der Waals surface area contributed by atoms with Crippen molar-refractivity contribution in [2.75, 3.05) is 0 Å². The lowest BCUT2D eigenvalue weighted by atomic mass is 10.2. The molecule has 0 heterocycles. The van der Waals surface area contributed by atoms with Gasteiger partial charge in [-0.3, -0.25) is 4.79 Å². The average molecular weight is 327 g/mol. The first-order chi connectivity index (χ1) is 11.6. The Morgan fingerprint density at radius 3 is 2.12 bits per heavy atom. The van der Waals surface area contributed by atoms with E-state index < -0.39 is 23.9 Å². The molecule has 0 aliphatic heterocycles. The van der Waals surface area contributed by atoms with Crippen molar-refractivity contribution in [1.29, 1.82) is 0 Å². The van der Waals surface area contributed by atoms with Crippen molar-refractivity contribution in [3.8, 4) is 5.75 Å². The van der Waals surface area contributed by atoms with Crippen molar-refractivity contribution in [1.82, 2.24) is 5.32 Å². The molecule has 24 heavy (non-hydrogen) atoms. The van der Waals surface area contributed by atoms with Crippen LogP contribution in [0.4, 0.5) is 4.79 Å². The van der Waals surface area contributed by atoms with E-state index in [1.165, 1.54) is 6.92 Å². The van der Waals surface area contributed by atoms with E-state index in [1.54, 1.807) is 54.6 Å². The van der Waals surface area contributed by atoms with E-state index in [9.17, 15) is 14.4 Å². The standard InChI is InChI=1S/C18H17NO5/c1-13(20)16(17(21)23-12-14-8-4-2-5-9-14)19-18(22)24-15-10-6-3-7-11-15/h2-11,16H,12H2,1H3,(H,19,22). The van der Waals surface area contributed by atoms with Crippen LogP contribution in [0, 0.1) is 0 Å². The van der Waals surface area contributed by atoms with Crippen LogP contribution in [0.25, 0.3) is 0 Å². The molecule has 0 aromatic heterocycles. The highest BCUT2D eigenvalue weighted by molar-refractivity contribution is 6.04. The number of Topliss-reactive ketones (excluding diaryl/α,β-unsaturated/α-hetero) is 1. The van der Waals surface area contributed by atoms with Gasteiger partial charge >= 0.3 is 12.1 Å². The number of carbonyl (C=O) groups is 3. The van der Waals surface area contributed by atoms with Crippen LogP contribution in [0.3, 0.4) is 0 Å². The first-order valence-electron chi connectivity index (χ1n) is 7.30. The number of carbonyl (C=O) groups excluding carboxylic acids is 3. The number of nitrogens with one attached hydrogen (secondary N) is 1. The van der Waals surface area contributed by atoms with Crippen LogP contribution in [0.5, 0.6) is 5.75 Å². The van der Waals surface area contributed by atoms with Crippen LogP contribution >= 0.6 is 0 Å². The van der Waals surface area contributed by atoms with Crippen LogP contribution in [0.15, 0.2) is 60.7 Å². The zero-order valence-corrected chi connectivity index (χ0v) is 13.1. The fourth-order valence-electron chi connectivity index (χ4n) is 1.88. The van der Waals surface area contributed by atoms with Crippen molar-refractivity contribution in [3.05, 3.63) is 66.2 Å². The third-order valence-electron chi connectivity index (χ3n) is 3.08. The minimum Gasteiger partial charge on any atom is -0.459 e. The van der Waals surface area contributed by atoms with Crippen molar-refractivity contribution in [2.45, 2.75) is 19.6 Å². The summed E-state index contributed by atoms with van der Waals surface area (Å²) in [5.41, 5.74) is 0.778. The molecule has 0 radical (unpaired) electrons. The van der Waals surface area contributed by atoms with E-state index in [0.29, 0.717) is 5.75 Å². The van der Waals surface area contributed by atoms with Crippen LogP contribution in [-0.4, -0.2) is 23.9 Å². The highest BCUT2D eigenvalue weighted by atomic mass is 16.6. The van der Waals surface area contributed by atoms with Gasteiger partial charge in [0.25, 0.3) is 0 Å². The Balaban J connectivity index is 1.92. The van der Waals surface area contributed by atoms with Gasteiger partial charge in [-0.1, -0.05) is 48.5 Å². The van der Waals surface area contributed by atoms with Crippen molar-refractivity contribution < 1.29 is 23.9 Å². The first-order valence-corrected chi connectivity index (χ1v) is 7.30. The Kier molecular flexibility index (Phi) is 6.08. The third-order valence-corrected chi connectivity index (χ3v) is 3.08. The molecule has 2 rings (SSSR count). The van der Waals surface area contributed by atoms with Gasteiger partial charge in [0.15, 0.2) is 11.8 Å². The molecule has 0 saturated carbocycles. The number of hydrogen-bond acceptors (Lipinski definition) is 5. The summed E-state index contributed by atoms with van der Waals surface area (Å²) in [6, 6.07) is 15.9. The molecule has 1 amide bonds. The molecule has 0 aliphatic rings. The maximum atomic E-state index is 12.0. The summed E-state index contributed by atoms with van der Waals surface area (Å²) in [6.07, 6.45) is -0.905. The van der Waals surface area contributed by atoms with E-state index >= 15 is 0 Å². The van der Waals surface area contributed by atoms with Crippen LogP contribution in [-0.2, 0) is 20.9 Å². The van der Waals surface area contributed by atoms with Gasteiger partial charge in [0, 0.05) is 0 Å². The molecule has 6 heteroatoms. The molecule has 1 atom stereocenters. The summed E-state index contributed by atoms with van der Waals surface area (Å²) in [7, 11) is 0. The molecular weight excluding hydrogens is 310 g/mol. The molecular formula is C18H17NO5. The van der Waals surface area contributed by atoms with Crippen LogP contribution in [0.2, 0.25) is 0 Å². The Bertz CT molecular complexity index is 700. The Morgan fingerprint density at radius 1 is 0.958 bits per heavy atom. The van der Waals surface area contributed by atoms with Gasteiger partial charge in [0.05, 0.1) is 0 Å². The molecule has 0 fully saturated rings. The Morgan fingerprint density at radius 2 is 1.54 bits per heavy atom. The zero-order valence-electron chi connectivity index (χ0n) is 13.1. The lowest BCUT2D eigenvalue weighted by Gasteiger charge is -2.15. The third kappa shape index (κ3) is 5.24. The van der Waals surface area contributed by atoms with Crippen molar-refractivity contribution >= 4 is 17.8 Å². The summed E-state index contributed by atoms with van der Waals surface area (Å²) in [5, 5.41) is 2.22. The van der Waals surface area contributed by atoms with Crippen LogP contribution in [0.1, 0.15) is 12.5 Å². The molecule has 0 spiro atoms. The number of ether oxygens (including phenoxy) is 2. The smallest absolute Gasteiger partial charge is 0.413 e. The largest absolute Gasteiger partial charge is 0.459 e. The molecule has 1 N–H and O–H groups in total. The van der Waals surface area contributed by atoms with E-state index in [0.717, 1.165) is 5.56 Å². The molecule has 6 nitrogen and oxygen atoms in total. The number of esters is 1. The monoisotopic (exact) mass is 327 g/mol. The van der Waals surface area contributed by atoms with E-state index in [-0.39, 0.29) is 6.61 Å². The molecule has 0 aliphatic carbocycles. The predicted octanol–water partition coefficient (Wildman–Crippen LogP) is 2.48. The summed E-state index contributed by atoms with van der Waals surface area (Å²) < 4.78 is 10.1. The molecule has 0 saturated heterocycles. The second kappa shape index (κ2) is 8.47. The molecule has 2 aromatic rings. The van der Waals surface area contributed by atoms with Crippen molar-refractivity contribution in [2.24, 2.45) is 0 Å². The minimum atomic E-state index is -1.41.